The first-order valence-corrected chi connectivity index (χ1v) is 14.7. The number of hydrogen-bond acceptors (Lipinski definition) is 3. The zero-order valence-corrected chi connectivity index (χ0v) is 24.2. The van der Waals surface area contributed by atoms with Crippen molar-refractivity contribution in [2.75, 3.05) is 6.61 Å². The standard InChI is InChI=1S/C34H40N4O3/c1-4-5-6-7-16-23-41-29-22-15-14-21-28(29)32(30-24(2)35-37(33(30)39)26-17-10-8-11-18-26)31-25(3)36-38(34(31)40)27-19-12-9-13-20-27/h8-15,17-22,28-29,32,35-36H,4-7,16,23H2,1-3H3/t28-,29+/m0/s1. The summed E-state index contributed by atoms with van der Waals surface area (Å²) in [5.74, 6) is -0.766. The third kappa shape index (κ3) is 6.00. The SMILES string of the molecule is CCCCCCCO[C@@H]1C=CC=C[C@@H]1C(c1c(C)[nH]n(-c2ccccc2)c1=O)c1c(C)[nH]n(-c2ccccc2)c1=O. The topological polar surface area (TPSA) is 84.8 Å². The van der Waals surface area contributed by atoms with E-state index < -0.39 is 5.92 Å². The number of ether oxygens (including phenoxy) is 1. The lowest BCUT2D eigenvalue weighted by Crippen LogP contribution is -2.34. The highest BCUT2D eigenvalue weighted by molar-refractivity contribution is 5.43. The van der Waals surface area contributed by atoms with Crippen LogP contribution in [0.3, 0.4) is 0 Å². The Morgan fingerprint density at radius 1 is 0.732 bits per heavy atom. The number of H-pyrrole nitrogens is 2. The zero-order valence-electron chi connectivity index (χ0n) is 24.2. The number of hydrogen-bond donors (Lipinski definition) is 2. The molecule has 1 aliphatic rings. The number of nitrogens with one attached hydrogen (secondary N) is 2. The van der Waals surface area contributed by atoms with E-state index in [2.05, 4.69) is 29.3 Å². The molecule has 2 aromatic carbocycles. The van der Waals surface area contributed by atoms with Crippen molar-refractivity contribution in [1.29, 1.82) is 0 Å². The smallest absolute Gasteiger partial charge is 0.275 e. The van der Waals surface area contributed by atoms with Gasteiger partial charge in [0, 0.05) is 41.0 Å². The maximum atomic E-state index is 14.1. The first kappa shape index (κ1) is 28.4. The molecule has 2 atom stereocenters. The molecule has 0 radical (unpaired) electrons. The highest BCUT2D eigenvalue weighted by atomic mass is 16.5. The van der Waals surface area contributed by atoms with Crippen LogP contribution in [-0.2, 0) is 4.74 Å². The fourth-order valence-electron chi connectivity index (χ4n) is 5.90. The van der Waals surface area contributed by atoms with Crippen molar-refractivity contribution in [3.05, 3.63) is 128 Å². The minimum absolute atomic E-state index is 0.161. The molecule has 0 unspecified atom stereocenters. The van der Waals surface area contributed by atoms with Gasteiger partial charge in [0.1, 0.15) is 0 Å². The molecule has 0 fully saturated rings. The fraction of sp³-hybridized carbons (Fsp3) is 0.353. The zero-order chi connectivity index (χ0) is 28.8. The second-order valence-electron chi connectivity index (χ2n) is 10.8. The second-order valence-corrected chi connectivity index (χ2v) is 10.8. The highest BCUT2D eigenvalue weighted by Crippen LogP contribution is 2.38. The number of nitrogens with zero attached hydrogens (tertiary/aromatic N) is 2. The molecule has 2 N–H and O–H groups in total. The van der Waals surface area contributed by atoms with E-state index >= 15 is 0 Å². The summed E-state index contributed by atoms with van der Waals surface area (Å²) in [6, 6.07) is 19.1. The van der Waals surface area contributed by atoms with Crippen LogP contribution in [0.1, 0.15) is 67.5 Å². The Morgan fingerprint density at radius 3 is 1.78 bits per heavy atom. The average molecular weight is 553 g/mol. The molecular weight excluding hydrogens is 512 g/mol. The van der Waals surface area contributed by atoms with Crippen molar-refractivity contribution < 1.29 is 4.74 Å². The number of benzene rings is 2. The number of para-hydroxylation sites is 2. The molecule has 5 rings (SSSR count). The van der Waals surface area contributed by atoms with Crippen LogP contribution in [0.5, 0.6) is 0 Å². The molecule has 2 heterocycles. The number of rotatable bonds is 12. The molecule has 7 heteroatoms. The Morgan fingerprint density at radius 2 is 1.24 bits per heavy atom. The molecule has 7 nitrogen and oxygen atoms in total. The van der Waals surface area contributed by atoms with E-state index in [-0.39, 0.29) is 23.1 Å². The van der Waals surface area contributed by atoms with Gasteiger partial charge in [0.25, 0.3) is 11.1 Å². The minimum atomic E-state index is -0.524. The van der Waals surface area contributed by atoms with E-state index in [4.69, 9.17) is 4.74 Å². The maximum absolute atomic E-state index is 14.1. The molecule has 0 amide bonds. The fourth-order valence-corrected chi connectivity index (χ4v) is 5.90. The van der Waals surface area contributed by atoms with Gasteiger partial charge < -0.3 is 4.74 Å². The number of unbranched alkanes of at least 4 members (excludes halogenated alkanes) is 4. The molecule has 2 aromatic heterocycles. The van der Waals surface area contributed by atoms with Crippen molar-refractivity contribution >= 4 is 0 Å². The normalized spacial score (nSPS) is 16.6. The molecule has 0 saturated carbocycles. The molecule has 0 saturated heterocycles. The Hall–Kier alpha value is -4.10. The predicted octanol–water partition coefficient (Wildman–Crippen LogP) is 6.49. The van der Waals surface area contributed by atoms with E-state index in [9.17, 15) is 9.59 Å². The predicted molar refractivity (Wildman–Crippen MR) is 164 cm³/mol. The van der Waals surface area contributed by atoms with Crippen molar-refractivity contribution in [1.82, 2.24) is 19.6 Å². The van der Waals surface area contributed by atoms with Gasteiger partial charge in [-0.1, -0.05) is 93.3 Å². The highest BCUT2D eigenvalue weighted by Gasteiger charge is 2.38. The molecule has 214 valence electrons. The maximum Gasteiger partial charge on any atom is 0.275 e. The van der Waals surface area contributed by atoms with E-state index in [1.165, 1.54) is 19.3 Å². The van der Waals surface area contributed by atoms with Gasteiger partial charge in [0.15, 0.2) is 0 Å². The number of aromatic amines is 2. The van der Waals surface area contributed by atoms with Crippen molar-refractivity contribution in [2.45, 2.75) is 64.9 Å². The number of allylic oxidation sites excluding steroid dienone is 2. The lowest BCUT2D eigenvalue weighted by molar-refractivity contribution is 0.0498. The van der Waals surface area contributed by atoms with Crippen LogP contribution >= 0.6 is 0 Å². The van der Waals surface area contributed by atoms with Gasteiger partial charge in [0.05, 0.1) is 17.5 Å². The summed E-state index contributed by atoms with van der Waals surface area (Å²) in [6.45, 7) is 6.67. The quantitative estimate of drug-likeness (QED) is 0.197. The molecule has 1 aliphatic carbocycles. The summed E-state index contributed by atoms with van der Waals surface area (Å²) in [4.78, 5) is 28.3. The van der Waals surface area contributed by atoms with Gasteiger partial charge in [-0.2, -0.15) is 0 Å². The monoisotopic (exact) mass is 552 g/mol. The van der Waals surface area contributed by atoms with Crippen molar-refractivity contribution in [2.24, 2.45) is 5.92 Å². The van der Waals surface area contributed by atoms with Crippen LogP contribution in [0.2, 0.25) is 0 Å². The summed E-state index contributed by atoms with van der Waals surface area (Å²) in [7, 11) is 0. The van der Waals surface area contributed by atoms with Gasteiger partial charge in [-0.05, 0) is 44.5 Å². The average Bonchev–Trinajstić information content (AvgIpc) is 3.46. The summed E-state index contributed by atoms with van der Waals surface area (Å²) in [6.07, 6.45) is 13.6. The molecule has 0 spiro atoms. The lowest BCUT2D eigenvalue weighted by Gasteiger charge is -2.31. The number of aromatic nitrogens is 4. The largest absolute Gasteiger partial charge is 0.373 e. The van der Waals surface area contributed by atoms with E-state index in [0.717, 1.165) is 35.6 Å². The third-order valence-corrected chi connectivity index (χ3v) is 7.95. The van der Waals surface area contributed by atoms with Crippen LogP contribution in [0, 0.1) is 19.8 Å². The Bertz CT molecular complexity index is 1510. The van der Waals surface area contributed by atoms with Crippen LogP contribution in [0.4, 0.5) is 0 Å². The molecule has 4 aromatic rings. The summed E-state index contributed by atoms with van der Waals surface area (Å²) in [5.41, 5.74) is 3.80. The van der Waals surface area contributed by atoms with Crippen LogP contribution in [0.15, 0.2) is 94.6 Å². The minimum Gasteiger partial charge on any atom is -0.373 e. The summed E-state index contributed by atoms with van der Waals surface area (Å²) < 4.78 is 9.61. The first-order valence-electron chi connectivity index (χ1n) is 14.7. The Balaban J connectivity index is 1.60. The summed E-state index contributed by atoms with van der Waals surface area (Å²) >= 11 is 0. The van der Waals surface area contributed by atoms with E-state index in [1.54, 1.807) is 9.36 Å². The Labute approximate surface area is 241 Å². The van der Waals surface area contributed by atoms with E-state index in [1.807, 2.05) is 86.7 Å². The van der Waals surface area contributed by atoms with Gasteiger partial charge in [-0.3, -0.25) is 19.8 Å². The molecular formula is C34H40N4O3. The Kier molecular flexibility index (Phi) is 9.04. The third-order valence-electron chi connectivity index (χ3n) is 7.95. The van der Waals surface area contributed by atoms with E-state index in [0.29, 0.717) is 17.7 Å². The van der Waals surface area contributed by atoms with Gasteiger partial charge in [-0.25, -0.2) is 9.36 Å². The van der Waals surface area contributed by atoms with Crippen molar-refractivity contribution in [3.63, 3.8) is 0 Å². The van der Waals surface area contributed by atoms with Gasteiger partial charge in [0.2, 0.25) is 0 Å². The van der Waals surface area contributed by atoms with Gasteiger partial charge >= 0.3 is 0 Å². The number of aryl methyl sites for hydroxylation is 2. The molecule has 0 bridgehead atoms. The summed E-state index contributed by atoms with van der Waals surface area (Å²) in [5, 5.41) is 6.57. The van der Waals surface area contributed by atoms with Crippen LogP contribution in [-0.4, -0.2) is 32.3 Å². The second kappa shape index (κ2) is 13.0. The van der Waals surface area contributed by atoms with Crippen molar-refractivity contribution in [3.8, 4) is 11.4 Å². The van der Waals surface area contributed by atoms with Gasteiger partial charge in [-0.15, -0.1) is 0 Å². The van der Waals surface area contributed by atoms with Crippen LogP contribution < -0.4 is 11.1 Å². The molecule has 41 heavy (non-hydrogen) atoms. The lowest BCUT2D eigenvalue weighted by atomic mass is 9.76. The molecule has 0 aliphatic heterocycles. The first-order chi connectivity index (χ1) is 20.0. The van der Waals surface area contributed by atoms with Crippen LogP contribution in [0.25, 0.3) is 11.4 Å².